The van der Waals surface area contributed by atoms with Crippen molar-refractivity contribution in [2.24, 2.45) is 0 Å². The van der Waals surface area contributed by atoms with Crippen LogP contribution in [0.3, 0.4) is 0 Å². The molecule has 1 aliphatic rings. The second-order valence-corrected chi connectivity index (χ2v) is 6.67. The normalized spacial score (nSPS) is 16.4. The molecule has 0 atom stereocenters. The van der Waals surface area contributed by atoms with Gasteiger partial charge in [-0.3, -0.25) is 4.90 Å². The first-order valence-corrected chi connectivity index (χ1v) is 8.66. The fourth-order valence-corrected chi connectivity index (χ4v) is 3.04. The van der Waals surface area contributed by atoms with Crippen LogP contribution in [0.4, 0.5) is 0 Å². The SMILES string of the molecule is CN1CCN(Cc2ccc(CNCc3cccc(O)c3)cc2)CC1. The lowest BCUT2D eigenvalue weighted by atomic mass is 10.1. The molecule has 128 valence electrons. The highest BCUT2D eigenvalue weighted by Gasteiger charge is 2.13. The molecule has 0 spiro atoms. The Morgan fingerprint density at radius 2 is 1.54 bits per heavy atom. The van der Waals surface area contributed by atoms with Gasteiger partial charge in [0.05, 0.1) is 0 Å². The van der Waals surface area contributed by atoms with Gasteiger partial charge in [0, 0.05) is 45.8 Å². The zero-order valence-electron chi connectivity index (χ0n) is 14.4. The molecule has 0 radical (unpaired) electrons. The number of rotatable bonds is 6. The molecule has 2 aromatic rings. The lowest BCUT2D eigenvalue weighted by Crippen LogP contribution is -2.43. The van der Waals surface area contributed by atoms with E-state index in [4.69, 9.17) is 0 Å². The number of nitrogens with zero attached hydrogens (tertiary/aromatic N) is 2. The number of hydrogen-bond acceptors (Lipinski definition) is 4. The molecule has 1 fully saturated rings. The first-order valence-electron chi connectivity index (χ1n) is 8.66. The minimum atomic E-state index is 0.322. The molecule has 2 N–H and O–H groups in total. The molecule has 1 heterocycles. The summed E-state index contributed by atoms with van der Waals surface area (Å²) in [5.41, 5.74) is 3.77. The number of likely N-dealkylation sites (N-methyl/N-ethyl adjacent to an activating group) is 1. The van der Waals surface area contributed by atoms with Crippen molar-refractivity contribution < 1.29 is 5.11 Å². The first-order chi connectivity index (χ1) is 11.7. The van der Waals surface area contributed by atoms with E-state index in [-0.39, 0.29) is 0 Å². The molecule has 4 heteroatoms. The summed E-state index contributed by atoms with van der Waals surface area (Å²) >= 11 is 0. The Morgan fingerprint density at radius 1 is 0.875 bits per heavy atom. The fourth-order valence-electron chi connectivity index (χ4n) is 3.04. The minimum Gasteiger partial charge on any atom is -0.508 e. The van der Waals surface area contributed by atoms with Crippen molar-refractivity contribution in [3.63, 3.8) is 0 Å². The maximum atomic E-state index is 9.47. The Bertz CT molecular complexity index is 634. The molecule has 1 saturated heterocycles. The van der Waals surface area contributed by atoms with Gasteiger partial charge in [0.2, 0.25) is 0 Å². The van der Waals surface area contributed by atoms with Crippen molar-refractivity contribution in [3.05, 3.63) is 65.2 Å². The molecule has 0 aromatic heterocycles. The monoisotopic (exact) mass is 325 g/mol. The number of hydrogen-bond donors (Lipinski definition) is 2. The van der Waals surface area contributed by atoms with E-state index in [0.717, 1.165) is 51.4 Å². The molecule has 0 bridgehead atoms. The number of nitrogens with one attached hydrogen (secondary N) is 1. The van der Waals surface area contributed by atoms with Crippen LogP contribution in [0.1, 0.15) is 16.7 Å². The zero-order chi connectivity index (χ0) is 16.8. The molecule has 4 nitrogen and oxygen atoms in total. The summed E-state index contributed by atoms with van der Waals surface area (Å²) in [6.07, 6.45) is 0. The number of phenolic OH excluding ortho intramolecular Hbond substituents is 1. The van der Waals surface area contributed by atoms with Gasteiger partial charge in [0.15, 0.2) is 0 Å². The smallest absolute Gasteiger partial charge is 0.115 e. The summed E-state index contributed by atoms with van der Waals surface area (Å²) in [6, 6.07) is 16.3. The van der Waals surface area contributed by atoms with Crippen molar-refractivity contribution >= 4 is 0 Å². The molecule has 3 rings (SSSR count). The fraction of sp³-hybridized carbons (Fsp3) is 0.400. The zero-order valence-corrected chi connectivity index (χ0v) is 14.4. The van der Waals surface area contributed by atoms with E-state index in [1.807, 2.05) is 12.1 Å². The van der Waals surface area contributed by atoms with Gasteiger partial charge in [-0.15, -0.1) is 0 Å². The molecule has 0 unspecified atom stereocenters. The summed E-state index contributed by atoms with van der Waals surface area (Å²) < 4.78 is 0. The maximum Gasteiger partial charge on any atom is 0.115 e. The molecular formula is C20H27N3O. The van der Waals surface area contributed by atoms with Crippen LogP contribution in [0.5, 0.6) is 5.75 Å². The summed E-state index contributed by atoms with van der Waals surface area (Å²) in [7, 11) is 2.19. The van der Waals surface area contributed by atoms with Crippen LogP contribution in [0.2, 0.25) is 0 Å². The van der Waals surface area contributed by atoms with Gasteiger partial charge in [-0.05, 0) is 35.9 Å². The highest BCUT2D eigenvalue weighted by Crippen LogP contribution is 2.12. The Morgan fingerprint density at radius 3 is 2.25 bits per heavy atom. The highest BCUT2D eigenvalue weighted by atomic mass is 16.3. The number of piperazine rings is 1. The Balaban J connectivity index is 1.44. The third-order valence-electron chi connectivity index (χ3n) is 4.59. The van der Waals surface area contributed by atoms with E-state index in [1.165, 1.54) is 11.1 Å². The summed E-state index contributed by atoms with van der Waals surface area (Å²) in [5, 5.41) is 12.9. The second kappa shape index (κ2) is 8.29. The van der Waals surface area contributed by atoms with Gasteiger partial charge in [-0.1, -0.05) is 36.4 Å². The Hall–Kier alpha value is -1.88. The molecule has 0 aliphatic carbocycles. The summed E-state index contributed by atoms with van der Waals surface area (Å²) in [6.45, 7) is 7.29. The second-order valence-electron chi connectivity index (χ2n) is 6.67. The molecule has 24 heavy (non-hydrogen) atoms. The van der Waals surface area contributed by atoms with Gasteiger partial charge in [-0.2, -0.15) is 0 Å². The quantitative estimate of drug-likeness (QED) is 0.856. The topological polar surface area (TPSA) is 38.7 Å². The van der Waals surface area contributed by atoms with Crippen LogP contribution in [-0.2, 0) is 19.6 Å². The van der Waals surface area contributed by atoms with Crippen molar-refractivity contribution in [1.29, 1.82) is 0 Å². The molecule has 1 aliphatic heterocycles. The van der Waals surface area contributed by atoms with E-state index < -0.39 is 0 Å². The molecule has 0 saturated carbocycles. The van der Waals surface area contributed by atoms with Crippen molar-refractivity contribution in [3.8, 4) is 5.75 Å². The van der Waals surface area contributed by atoms with Crippen LogP contribution >= 0.6 is 0 Å². The Labute approximate surface area is 144 Å². The van der Waals surface area contributed by atoms with Crippen molar-refractivity contribution in [2.45, 2.75) is 19.6 Å². The lowest BCUT2D eigenvalue weighted by molar-refractivity contribution is 0.148. The van der Waals surface area contributed by atoms with Crippen LogP contribution < -0.4 is 5.32 Å². The third kappa shape index (κ3) is 5.06. The van der Waals surface area contributed by atoms with Gasteiger partial charge in [0.1, 0.15) is 5.75 Å². The van der Waals surface area contributed by atoms with Gasteiger partial charge in [-0.25, -0.2) is 0 Å². The highest BCUT2D eigenvalue weighted by molar-refractivity contribution is 5.27. The minimum absolute atomic E-state index is 0.322. The van der Waals surface area contributed by atoms with Crippen LogP contribution in [0, 0.1) is 0 Å². The van der Waals surface area contributed by atoms with E-state index in [1.54, 1.807) is 12.1 Å². The average Bonchev–Trinajstić information content (AvgIpc) is 2.59. The van der Waals surface area contributed by atoms with Crippen LogP contribution in [0.15, 0.2) is 48.5 Å². The largest absolute Gasteiger partial charge is 0.508 e. The van der Waals surface area contributed by atoms with Crippen LogP contribution in [0.25, 0.3) is 0 Å². The number of benzene rings is 2. The predicted molar refractivity (Wildman–Crippen MR) is 97.9 cm³/mol. The lowest BCUT2D eigenvalue weighted by Gasteiger charge is -2.32. The molecule has 0 amide bonds. The third-order valence-corrected chi connectivity index (χ3v) is 4.59. The van der Waals surface area contributed by atoms with Gasteiger partial charge < -0.3 is 15.3 Å². The van der Waals surface area contributed by atoms with E-state index in [0.29, 0.717) is 5.75 Å². The van der Waals surface area contributed by atoms with Crippen LogP contribution in [-0.4, -0.2) is 48.1 Å². The van der Waals surface area contributed by atoms with Crippen molar-refractivity contribution in [2.75, 3.05) is 33.2 Å². The Kier molecular flexibility index (Phi) is 5.86. The maximum absolute atomic E-state index is 9.47. The standard InChI is InChI=1S/C20H27N3O/c1-22-9-11-23(12-10-22)16-18-7-5-17(6-8-18)14-21-15-19-3-2-4-20(24)13-19/h2-8,13,21,24H,9-12,14-16H2,1H3. The summed E-state index contributed by atoms with van der Waals surface area (Å²) in [5.74, 6) is 0.322. The van der Waals surface area contributed by atoms with Gasteiger partial charge in [0.25, 0.3) is 0 Å². The van der Waals surface area contributed by atoms with E-state index in [2.05, 4.69) is 46.4 Å². The van der Waals surface area contributed by atoms with E-state index >= 15 is 0 Å². The van der Waals surface area contributed by atoms with E-state index in [9.17, 15) is 5.11 Å². The molecule has 2 aromatic carbocycles. The van der Waals surface area contributed by atoms with Gasteiger partial charge >= 0.3 is 0 Å². The first kappa shape index (κ1) is 17.0. The molecular weight excluding hydrogens is 298 g/mol. The van der Waals surface area contributed by atoms with Crippen molar-refractivity contribution in [1.82, 2.24) is 15.1 Å². The number of aromatic hydroxyl groups is 1. The summed E-state index contributed by atoms with van der Waals surface area (Å²) in [4.78, 5) is 4.91. The average molecular weight is 325 g/mol. The predicted octanol–water partition coefficient (Wildman–Crippen LogP) is 2.43. The number of phenols is 1.